The Labute approximate surface area is 123 Å². The van der Waals surface area contributed by atoms with Crippen LogP contribution in [0.25, 0.3) is 0 Å². The lowest BCUT2D eigenvalue weighted by Crippen LogP contribution is -2.33. The van der Waals surface area contributed by atoms with Crippen molar-refractivity contribution in [3.05, 3.63) is 12.2 Å². The summed E-state index contributed by atoms with van der Waals surface area (Å²) in [5.74, 6) is 7.07. The molecule has 5 rings (SSSR count). The smallest absolute Gasteiger partial charge is 0.0575 e. The number of hydrogen-bond acceptors (Lipinski definition) is 1. The average molecular weight is 272 g/mol. The van der Waals surface area contributed by atoms with E-state index in [1.165, 1.54) is 44.9 Å². The number of rotatable bonds is 3. The van der Waals surface area contributed by atoms with Gasteiger partial charge in [-0.25, -0.2) is 0 Å². The van der Waals surface area contributed by atoms with Gasteiger partial charge < -0.3 is 4.74 Å². The van der Waals surface area contributed by atoms with Gasteiger partial charge in [0.2, 0.25) is 0 Å². The Balaban J connectivity index is 1.23. The molecule has 0 aromatic carbocycles. The van der Waals surface area contributed by atoms with Crippen LogP contribution < -0.4 is 0 Å². The number of fused-ring (bicyclic) bond motifs is 9. The van der Waals surface area contributed by atoms with E-state index in [0.717, 1.165) is 48.0 Å². The topological polar surface area (TPSA) is 9.23 Å². The number of allylic oxidation sites excluding steroid dienone is 2. The first-order chi connectivity index (χ1) is 9.90. The lowest BCUT2D eigenvalue weighted by atomic mass is 9.69. The first kappa shape index (κ1) is 12.3. The van der Waals surface area contributed by atoms with Gasteiger partial charge in [0.15, 0.2) is 0 Å². The van der Waals surface area contributed by atoms with E-state index in [1.807, 2.05) is 0 Å². The molecule has 0 saturated heterocycles. The third kappa shape index (κ3) is 1.71. The first-order valence-electron chi connectivity index (χ1n) is 9.20. The Hall–Kier alpha value is -0.300. The molecule has 4 saturated carbocycles. The molecule has 4 fully saturated rings. The molecule has 4 bridgehead atoms. The Morgan fingerprint density at radius 1 is 0.850 bits per heavy atom. The van der Waals surface area contributed by atoms with Crippen molar-refractivity contribution in [3.63, 3.8) is 0 Å². The molecule has 5 aliphatic carbocycles. The summed E-state index contributed by atoms with van der Waals surface area (Å²) in [6, 6.07) is 0. The fourth-order valence-corrected chi connectivity index (χ4v) is 6.84. The molecule has 0 aliphatic heterocycles. The highest BCUT2D eigenvalue weighted by molar-refractivity contribution is 5.20. The molecular weight excluding hydrogens is 244 g/mol. The molecule has 0 aromatic rings. The normalized spacial score (nSPS) is 52.9. The van der Waals surface area contributed by atoms with Crippen LogP contribution in [-0.4, -0.2) is 12.7 Å². The highest BCUT2D eigenvalue weighted by atomic mass is 16.5. The van der Waals surface area contributed by atoms with Crippen LogP contribution in [0.3, 0.4) is 0 Å². The largest absolute Gasteiger partial charge is 0.378 e. The van der Waals surface area contributed by atoms with Crippen LogP contribution in [0.15, 0.2) is 12.2 Å². The molecule has 0 aromatic heterocycles. The van der Waals surface area contributed by atoms with E-state index >= 15 is 0 Å². The predicted molar refractivity (Wildman–Crippen MR) is 80.2 cm³/mol. The van der Waals surface area contributed by atoms with Gasteiger partial charge in [0.25, 0.3) is 0 Å². The second-order valence-corrected chi connectivity index (χ2v) is 8.35. The zero-order chi connectivity index (χ0) is 13.1. The molecule has 0 spiro atoms. The molecular formula is C19H28O. The summed E-state index contributed by atoms with van der Waals surface area (Å²) < 4.78 is 6.33. The van der Waals surface area contributed by atoms with Gasteiger partial charge in [-0.2, -0.15) is 0 Å². The van der Waals surface area contributed by atoms with Crippen molar-refractivity contribution in [1.82, 2.24) is 0 Å². The quantitative estimate of drug-likeness (QED) is 0.545. The van der Waals surface area contributed by atoms with Gasteiger partial charge in [-0.05, 0) is 73.5 Å². The van der Waals surface area contributed by atoms with E-state index in [-0.39, 0.29) is 0 Å². The van der Waals surface area contributed by atoms with Gasteiger partial charge >= 0.3 is 0 Å². The maximum absolute atomic E-state index is 6.33. The van der Waals surface area contributed by atoms with Crippen LogP contribution in [0.1, 0.15) is 51.4 Å². The Morgan fingerprint density at radius 3 is 2.50 bits per heavy atom. The standard InChI is InChI=1S/C19H28O/c1-2-4-16(5-3-1)20-11-15-9-14-10-17(15)19-13-7-6-12(8-13)18(14)19/h6-7,12-19H,1-5,8-11H2. The van der Waals surface area contributed by atoms with Crippen LogP contribution >= 0.6 is 0 Å². The maximum Gasteiger partial charge on any atom is 0.0575 e. The zero-order valence-corrected chi connectivity index (χ0v) is 12.5. The molecule has 1 nitrogen and oxygen atoms in total. The van der Waals surface area contributed by atoms with Crippen molar-refractivity contribution in [2.45, 2.75) is 57.5 Å². The van der Waals surface area contributed by atoms with Crippen molar-refractivity contribution >= 4 is 0 Å². The number of hydrogen-bond donors (Lipinski definition) is 0. The molecule has 5 aliphatic rings. The molecule has 1 heteroatoms. The van der Waals surface area contributed by atoms with Crippen LogP contribution in [0.4, 0.5) is 0 Å². The van der Waals surface area contributed by atoms with E-state index in [9.17, 15) is 0 Å². The van der Waals surface area contributed by atoms with Gasteiger partial charge in [-0.15, -0.1) is 0 Å². The molecule has 0 heterocycles. The molecule has 0 amide bonds. The highest BCUT2D eigenvalue weighted by Crippen LogP contribution is 2.66. The summed E-state index contributed by atoms with van der Waals surface area (Å²) in [6.45, 7) is 1.09. The lowest BCUT2D eigenvalue weighted by molar-refractivity contribution is -0.0154. The number of ether oxygens (including phenoxy) is 1. The molecule has 7 atom stereocenters. The van der Waals surface area contributed by atoms with Crippen molar-refractivity contribution in [2.75, 3.05) is 6.61 Å². The maximum atomic E-state index is 6.33. The van der Waals surface area contributed by atoms with E-state index in [0.29, 0.717) is 6.10 Å². The molecule has 7 unspecified atom stereocenters. The summed E-state index contributed by atoms with van der Waals surface area (Å²) in [6.07, 6.45) is 17.2. The van der Waals surface area contributed by atoms with E-state index in [1.54, 1.807) is 6.42 Å². The van der Waals surface area contributed by atoms with Crippen LogP contribution in [0.5, 0.6) is 0 Å². The van der Waals surface area contributed by atoms with Gasteiger partial charge in [0.05, 0.1) is 12.7 Å². The third-order valence-corrected chi connectivity index (χ3v) is 7.51. The Morgan fingerprint density at radius 2 is 1.65 bits per heavy atom. The minimum absolute atomic E-state index is 0.610. The van der Waals surface area contributed by atoms with Gasteiger partial charge in [0, 0.05) is 0 Å². The zero-order valence-electron chi connectivity index (χ0n) is 12.5. The van der Waals surface area contributed by atoms with Crippen molar-refractivity contribution in [3.8, 4) is 0 Å². The Kier molecular flexibility index (Phi) is 2.82. The van der Waals surface area contributed by atoms with Crippen molar-refractivity contribution in [2.24, 2.45) is 41.4 Å². The van der Waals surface area contributed by atoms with Crippen LogP contribution in [0.2, 0.25) is 0 Å². The van der Waals surface area contributed by atoms with Gasteiger partial charge in [0.1, 0.15) is 0 Å². The molecule has 0 radical (unpaired) electrons. The van der Waals surface area contributed by atoms with Crippen LogP contribution in [-0.2, 0) is 4.74 Å². The summed E-state index contributed by atoms with van der Waals surface area (Å²) in [5.41, 5.74) is 0. The first-order valence-corrected chi connectivity index (χ1v) is 9.20. The Bertz CT molecular complexity index is 408. The predicted octanol–water partition coefficient (Wildman–Crippen LogP) is 4.43. The van der Waals surface area contributed by atoms with Crippen molar-refractivity contribution < 1.29 is 4.74 Å². The second-order valence-electron chi connectivity index (χ2n) is 8.35. The monoisotopic (exact) mass is 272 g/mol. The minimum Gasteiger partial charge on any atom is -0.378 e. The third-order valence-electron chi connectivity index (χ3n) is 7.51. The average Bonchev–Trinajstić information content (AvgIpc) is 3.24. The molecule has 110 valence electrons. The molecule has 20 heavy (non-hydrogen) atoms. The lowest BCUT2D eigenvalue weighted by Gasteiger charge is -2.37. The minimum atomic E-state index is 0.610. The summed E-state index contributed by atoms with van der Waals surface area (Å²) >= 11 is 0. The summed E-state index contributed by atoms with van der Waals surface area (Å²) in [4.78, 5) is 0. The fraction of sp³-hybridized carbons (Fsp3) is 0.895. The van der Waals surface area contributed by atoms with E-state index in [2.05, 4.69) is 12.2 Å². The second kappa shape index (κ2) is 4.60. The van der Waals surface area contributed by atoms with E-state index in [4.69, 9.17) is 4.74 Å². The van der Waals surface area contributed by atoms with Gasteiger partial charge in [-0.3, -0.25) is 0 Å². The highest BCUT2D eigenvalue weighted by Gasteiger charge is 2.60. The van der Waals surface area contributed by atoms with Crippen LogP contribution in [0, 0.1) is 41.4 Å². The SMILES string of the molecule is C1=CC2CC1C1C3CC(COC4CCCCC4)C(C3)C21. The van der Waals surface area contributed by atoms with E-state index < -0.39 is 0 Å². The van der Waals surface area contributed by atoms with Crippen molar-refractivity contribution in [1.29, 1.82) is 0 Å². The summed E-state index contributed by atoms with van der Waals surface area (Å²) in [7, 11) is 0. The fourth-order valence-electron chi connectivity index (χ4n) is 6.84. The summed E-state index contributed by atoms with van der Waals surface area (Å²) in [5, 5.41) is 0. The molecule has 0 N–H and O–H groups in total. The van der Waals surface area contributed by atoms with Gasteiger partial charge in [-0.1, -0.05) is 31.4 Å².